The molecule has 2 aromatic rings. The van der Waals surface area contributed by atoms with Crippen molar-refractivity contribution >= 4 is 38.8 Å². The lowest BCUT2D eigenvalue weighted by Crippen LogP contribution is -2.51. The SMILES string of the molecule is C=S1(=O)NC(=O)c2ccc3c(c2)N(C[C@@H]2CC[C@H]2[C@@H](OC)[C@H]2CCC[C@H]1C2)C[C@@]1(CCCc2cc(Cl)ccc21)CO3. The summed E-state index contributed by atoms with van der Waals surface area (Å²) in [6.45, 7) is 2.30. The summed E-state index contributed by atoms with van der Waals surface area (Å²) in [6, 6.07) is 12.0. The van der Waals surface area contributed by atoms with Crippen LogP contribution in [0.5, 0.6) is 5.75 Å². The Balaban J connectivity index is 1.32. The molecule has 6 nitrogen and oxygen atoms in total. The summed E-state index contributed by atoms with van der Waals surface area (Å²) in [7, 11) is -0.977. The van der Waals surface area contributed by atoms with Crippen LogP contribution in [0.3, 0.4) is 0 Å². The zero-order valence-electron chi connectivity index (χ0n) is 23.9. The molecule has 7 rings (SSSR count). The van der Waals surface area contributed by atoms with Gasteiger partial charge in [0.25, 0.3) is 5.91 Å². The maximum atomic E-state index is 13.9. The van der Waals surface area contributed by atoms with E-state index in [1.54, 1.807) is 6.07 Å². The summed E-state index contributed by atoms with van der Waals surface area (Å²) < 4.78 is 29.6. The number of halogens is 1. The molecule has 1 amide bonds. The van der Waals surface area contributed by atoms with Crippen molar-refractivity contribution in [2.45, 2.75) is 74.6 Å². The molecule has 1 unspecified atom stereocenters. The molecular formula is C33H41ClN2O4S. The van der Waals surface area contributed by atoms with E-state index in [2.05, 4.69) is 27.6 Å². The van der Waals surface area contributed by atoms with Crippen molar-refractivity contribution < 1.29 is 18.5 Å². The van der Waals surface area contributed by atoms with E-state index in [0.717, 1.165) is 80.9 Å². The van der Waals surface area contributed by atoms with Gasteiger partial charge in [-0.15, -0.1) is 0 Å². The van der Waals surface area contributed by atoms with E-state index in [9.17, 15) is 9.00 Å². The van der Waals surface area contributed by atoms with Crippen molar-refractivity contribution in [1.29, 1.82) is 0 Å². The van der Waals surface area contributed by atoms with Crippen molar-refractivity contribution in [3.05, 3.63) is 58.1 Å². The molecule has 7 atom stereocenters. The number of nitrogens with one attached hydrogen (secondary N) is 1. The van der Waals surface area contributed by atoms with E-state index in [-0.39, 0.29) is 22.7 Å². The van der Waals surface area contributed by atoms with Crippen LogP contribution in [0.25, 0.3) is 0 Å². The third kappa shape index (κ3) is 4.86. The summed E-state index contributed by atoms with van der Waals surface area (Å²) in [4.78, 5) is 16.0. The number of carbonyl (C=O) groups excluding carboxylic acids is 1. The Morgan fingerprint density at radius 3 is 2.80 bits per heavy atom. The number of benzene rings is 2. The average Bonchev–Trinajstić information content (AvgIpc) is 3.10. The molecule has 4 bridgehead atoms. The predicted molar refractivity (Wildman–Crippen MR) is 166 cm³/mol. The fraction of sp³-hybridized carbons (Fsp3) is 0.576. The molecule has 3 aliphatic carbocycles. The third-order valence-corrected chi connectivity index (χ3v) is 13.1. The van der Waals surface area contributed by atoms with E-state index < -0.39 is 9.71 Å². The highest BCUT2D eigenvalue weighted by Crippen LogP contribution is 2.48. The molecule has 2 heterocycles. The van der Waals surface area contributed by atoms with Gasteiger partial charge < -0.3 is 14.4 Å². The lowest BCUT2D eigenvalue weighted by Gasteiger charge is -2.49. The van der Waals surface area contributed by atoms with E-state index in [1.165, 1.54) is 17.5 Å². The Morgan fingerprint density at radius 2 is 2.00 bits per heavy atom. The van der Waals surface area contributed by atoms with Gasteiger partial charge in [0.05, 0.1) is 28.1 Å². The number of carbonyl (C=O) groups is 1. The van der Waals surface area contributed by atoms with Crippen LogP contribution in [0.1, 0.15) is 72.9 Å². The summed E-state index contributed by atoms with van der Waals surface area (Å²) in [5.74, 6) is 5.84. The predicted octanol–water partition coefficient (Wildman–Crippen LogP) is 5.79. The van der Waals surface area contributed by atoms with Crippen molar-refractivity contribution in [3.8, 4) is 5.75 Å². The highest BCUT2D eigenvalue weighted by Gasteiger charge is 2.47. The van der Waals surface area contributed by atoms with Crippen molar-refractivity contribution in [2.24, 2.45) is 17.8 Å². The summed E-state index contributed by atoms with van der Waals surface area (Å²) in [5, 5.41) is 0.646. The largest absolute Gasteiger partial charge is 0.490 e. The van der Waals surface area contributed by atoms with Crippen LogP contribution in [0.2, 0.25) is 5.02 Å². The van der Waals surface area contributed by atoms with Gasteiger partial charge >= 0.3 is 0 Å². The molecule has 0 radical (unpaired) electrons. The molecule has 2 aliphatic heterocycles. The van der Waals surface area contributed by atoms with Crippen molar-refractivity contribution in [3.63, 3.8) is 0 Å². The lowest BCUT2D eigenvalue weighted by atomic mass is 9.65. The summed E-state index contributed by atoms with van der Waals surface area (Å²) >= 11 is 6.42. The van der Waals surface area contributed by atoms with Gasteiger partial charge in [0.15, 0.2) is 0 Å². The van der Waals surface area contributed by atoms with Gasteiger partial charge in [-0.25, -0.2) is 4.21 Å². The summed E-state index contributed by atoms with van der Waals surface area (Å²) in [5.41, 5.74) is 3.94. The van der Waals surface area contributed by atoms with E-state index >= 15 is 0 Å². The Bertz CT molecular complexity index is 1460. The van der Waals surface area contributed by atoms with Crippen LogP contribution in [0, 0.1) is 17.8 Å². The maximum absolute atomic E-state index is 13.9. The zero-order valence-corrected chi connectivity index (χ0v) is 25.5. The van der Waals surface area contributed by atoms with Crippen LogP contribution in [0.15, 0.2) is 36.4 Å². The number of anilines is 1. The second-order valence-electron chi connectivity index (χ2n) is 13.2. The summed E-state index contributed by atoms with van der Waals surface area (Å²) in [6.07, 6.45) is 9.29. The first kappa shape index (κ1) is 27.6. The van der Waals surface area contributed by atoms with Gasteiger partial charge in [0, 0.05) is 41.5 Å². The number of hydrogen-bond donors (Lipinski definition) is 1. The highest BCUT2D eigenvalue weighted by molar-refractivity contribution is 7.99. The van der Waals surface area contributed by atoms with Gasteiger partial charge in [-0.3, -0.25) is 9.52 Å². The van der Waals surface area contributed by atoms with E-state index in [4.69, 9.17) is 21.1 Å². The van der Waals surface area contributed by atoms with Gasteiger partial charge in [-0.1, -0.05) is 24.1 Å². The average molecular weight is 597 g/mol. The number of nitrogens with zero attached hydrogens (tertiary/aromatic N) is 1. The molecule has 5 aliphatic rings. The Hall–Kier alpha value is -2.22. The Kier molecular flexibility index (Phi) is 7.07. The van der Waals surface area contributed by atoms with E-state index in [1.807, 2.05) is 25.3 Å². The molecule has 2 aromatic carbocycles. The molecule has 220 valence electrons. The number of fused-ring (bicyclic) bond motifs is 6. The normalized spacial score (nSPS) is 36.5. The van der Waals surface area contributed by atoms with Crippen LogP contribution in [-0.2, 0) is 26.3 Å². The molecule has 41 heavy (non-hydrogen) atoms. The van der Waals surface area contributed by atoms with Crippen LogP contribution in [0.4, 0.5) is 5.69 Å². The fourth-order valence-corrected chi connectivity index (χ4v) is 10.5. The minimum absolute atomic E-state index is 0.130. The maximum Gasteiger partial charge on any atom is 0.262 e. The first-order valence-electron chi connectivity index (χ1n) is 15.3. The Morgan fingerprint density at radius 1 is 1.12 bits per heavy atom. The molecule has 2 fully saturated rings. The quantitative estimate of drug-likeness (QED) is 0.422. The monoisotopic (exact) mass is 596 g/mol. The molecule has 0 aromatic heterocycles. The molecule has 0 saturated heterocycles. The van der Waals surface area contributed by atoms with Crippen LogP contribution < -0.4 is 14.4 Å². The molecule has 1 N–H and O–H groups in total. The van der Waals surface area contributed by atoms with Gasteiger partial charge in [0.2, 0.25) is 0 Å². The first-order chi connectivity index (χ1) is 19.8. The molecule has 2 saturated carbocycles. The molecular weight excluding hydrogens is 556 g/mol. The number of methoxy groups -OCH3 is 1. The number of ether oxygens (including phenoxy) is 2. The topological polar surface area (TPSA) is 67.9 Å². The van der Waals surface area contributed by atoms with Crippen LogP contribution in [-0.4, -0.2) is 54.1 Å². The van der Waals surface area contributed by atoms with E-state index in [0.29, 0.717) is 29.9 Å². The Labute approximate surface area is 249 Å². The van der Waals surface area contributed by atoms with Gasteiger partial charge in [0.1, 0.15) is 5.75 Å². The lowest BCUT2D eigenvalue weighted by molar-refractivity contribution is -0.0588. The highest BCUT2D eigenvalue weighted by atomic mass is 35.5. The second-order valence-corrected chi connectivity index (χ2v) is 16.0. The molecule has 8 heteroatoms. The van der Waals surface area contributed by atoms with Gasteiger partial charge in [-0.05, 0) is 116 Å². The van der Waals surface area contributed by atoms with Gasteiger partial charge in [-0.2, -0.15) is 0 Å². The number of amides is 1. The zero-order chi connectivity index (χ0) is 28.4. The minimum atomic E-state index is -2.82. The number of aryl methyl sites for hydroxylation is 1. The second kappa shape index (κ2) is 10.5. The van der Waals surface area contributed by atoms with Crippen molar-refractivity contribution in [1.82, 2.24) is 4.72 Å². The smallest absolute Gasteiger partial charge is 0.262 e. The minimum Gasteiger partial charge on any atom is -0.490 e. The van der Waals surface area contributed by atoms with Crippen molar-refractivity contribution in [2.75, 3.05) is 31.7 Å². The number of hydrogen-bond acceptors (Lipinski definition) is 5. The fourth-order valence-electron chi connectivity index (χ4n) is 8.63. The standard InChI is InChI=1S/C33H41ClN2O4S/c1-39-31-22-5-3-7-26(16-22)41(2,38)35-32(37)23-9-13-30-29(17-23)36(18-24-8-11-27(24)31)19-33(20-40-30)14-4-6-21-15-25(34)10-12-28(21)33/h9-10,12-13,15,17,22,24,26-27,31H,2-8,11,14,16,18-20H2,1H3,(H,35,37,38)/t22-,24-,26-,27+,31-,33-,41?/m0/s1. The first-order valence-corrected chi connectivity index (χ1v) is 17.4. The van der Waals surface area contributed by atoms with Crippen LogP contribution >= 0.6 is 11.6 Å². The molecule has 1 spiro atoms. The third-order valence-electron chi connectivity index (χ3n) is 10.9. The number of rotatable bonds is 1.